The number of aliphatic carboxylic acids is 1. The van der Waals surface area contributed by atoms with E-state index in [-0.39, 0.29) is 22.3 Å². The van der Waals surface area contributed by atoms with Crippen molar-refractivity contribution in [1.29, 1.82) is 0 Å². The van der Waals surface area contributed by atoms with Crippen molar-refractivity contribution < 1.29 is 24.3 Å². The lowest BCUT2D eigenvalue weighted by Gasteiger charge is -2.12. The SMILES string of the molecule is N[C@@H](Cc1nc2cc(Cl)c(Cl)cc2n1CP(=O)(O)O)C(=O)O. The molecule has 0 unspecified atom stereocenters. The Bertz CT molecular complexity index is 788. The number of hydrogen-bond acceptors (Lipinski definition) is 4. The van der Waals surface area contributed by atoms with E-state index in [1.54, 1.807) is 0 Å². The van der Waals surface area contributed by atoms with E-state index in [4.69, 9.17) is 34.0 Å². The molecular formula is C11H12Cl2N3O5P. The van der Waals surface area contributed by atoms with Crippen LogP contribution in [-0.4, -0.2) is 36.5 Å². The van der Waals surface area contributed by atoms with Crippen LogP contribution in [-0.2, 0) is 22.1 Å². The van der Waals surface area contributed by atoms with Crippen LogP contribution >= 0.6 is 30.8 Å². The second-order valence-corrected chi connectivity index (χ2v) is 7.09. The first-order valence-electron chi connectivity index (χ1n) is 5.95. The van der Waals surface area contributed by atoms with Gasteiger partial charge in [-0.2, -0.15) is 0 Å². The van der Waals surface area contributed by atoms with Crippen LogP contribution in [0.4, 0.5) is 0 Å². The highest BCUT2D eigenvalue weighted by molar-refractivity contribution is 7.50. The van der Waals surface area contributed by atoms with Gasteiger partial charge in [-0.05, 0) is 12.1 Å². The molecule has 1 aromatic carbocycles. The molecule has 1 atom stereocenters. The quantitative estimate of drug-likeness (QED) is 0.586. The Labute approximate surface area is 134 Å². The Kier molecular flexibility index (Phi) is 4.81. The van der Waals surface area contributed by atoms with Crippen LogP contribution in [0.15, 0.2) is 12.1 Å². The van der Waals surface area contributed by atoms with Gasteiger partial charge in [0.1, 0.15) is 18.2 Å². The highest BCUT2D eigenvalue weighted by atomic mass is 35.5. The Morgan fingerprint density at radius 3 is 2.50 bits per heavy atom. The van der Waals surface area contributed by atoms with Gasteiger partial charge in [-0.1, -0.05) is 23.2 Å². The van der Waals surface area contributed by atoms with E-state index >= 15 is 0 Å². The largest absolute Gasteiger partial charge is 0.480 e. The molecule has 2 aromatic rings. The summed E-state index contributed by atoms with van der Waals surface area (Å²) < 4.78 is 12.5. The summed E-state index contributed by atoms with van der Waals surface area (Å²) >= 11 is 11.8. The maximum atomic E-state index is 11.3. The fourth-order valence-corrected chi connectivity index (χ4v) is 2.95. The summed E-state index contributed by atoms with van der Waals surface area (Å²) in [4.78, 5) is 33.4. The number of hydrogen-bond donors (Lipinski definition) is 4. The van der Waals surface area contributed by atoms with E-state index in [1.165, 1.54) is 16.7 Å². The predicted molar refractivity (Wildman–Crippen MR) is 81.1 cm³/mol. The minimum atomic E-state index is -4.42. The number of nitrogens with two attached hydrogens (primary N) is 1. The average molecular weight is 368 g/mol. The average Bonchev–Trinajstić information content (AvgIpc) is 2.66. The lowest BCUT2D eigenvalue weighted by molar-refractivity contribution is -0.138. The van der Waals surface area contributed by atoms with E-state index in [9.17, 15) is 19.1 Å². The molecule has 0 bridgehead atoms. The van der Waals surface area contributed by atoms with Crippen LogP contribution in [0, 0.1) is 0 Å². The summed E-state index contributed by atoms with van der Waals surface area (Å²) in [6, 6.07) is 1.60. The van der Waals surface area contributed by atoms with Crippen molar-refractivity contribution in [2.75, 3.05) is 0 Å². The number of halogens is 2. The summed E-state index contributed by atoms with van der Waals surface area (Å²) in [5, 5.41) is 9.29. The van der Waals surface area contributed by atoms with Gasteiger partial charge in [0.2, 0.25) is 0 Å². The van der Waals surface area contributed by atoms with Gasteiger partial charge in [-0.15, -0.1) is 0 Å². The van der Waals surface area contributed by atoms with Gasteiger partial charge in [0.05, 0.1) is 21.1 Å². The Balaban J connectivity index is 2.60. The molecular weight excluding hydrogens is 356 g/mol. The predicted octanol–water partition coefficient (Wildman–Crippen LogP) is 1.43. The van der Waals surface area contributed by atoms with Crippen molar-refractivity contribution in [3.63, 3.8) is 0 Å². The van der Waals surface area contributed by atoms with Gasteiger partial charge >= 0.3 is 13.6 Å². The number of nitrogens with zero attached hydrogens (tertiary/aromatic N) is 2. The van der Waals surface area contributed by atoms with Crippen LogP contribution < -0.4 is 5.73 Å². The van der Waals surface area contributed by atoms with Crippen molar-refractivity contribution >= 4 is 47.8 Å². The second kappa shape index (κ2) is 6.16. The zero-order valence-corrected chi connectivity index (χ0v) is 13.4. The van der Waals surface area contributed by atoms with E-state index in [0.717, 1.165) is 0 Å². The molecule has 8 nitrogen and oxygen atoms in total. The summed E-state index contributed by atoms with van der Waals surface area (Å²) in [5.41, 5.74) is 6.14. The van der Waals surface area contributed by atoms with Gasteiger partial charge in [-0.25, -0.2) is 4.98 Å². The van der Waals surface area contributed by atoms with E-state index in [1.807, 2.05) is 0 Å². The highest BCUT2D eigenvalue weighted by Gasteiger charge is 2.23. The first-order chi connectivity index (χ1) is 10.1. The molecule has 0 fully saturated rings. The molecule has 5 N–H and O–H groups in total. The molecule has 1 aromatic heterocycles. The summed E-state index contributed by atoms with van der Waals surface area (Å²) in [5.74, 6) is -1.11. The summed E-state index contributed by atoms with van der Waals surface area (Å²) in [6.45, 7) is 0. The zero-order chi connectivity index (χ0) is 16.7. The molecule has 0 radical (unpaired) electrons. The number of fused-ring (bicyclic) bond motifs is 1. The van der Waals surface area contributed by atoms with Crippen LogP contribution in [0.1, 0.15) is 5.82 Å². The summed E-state index contributed by atoms with van der Waals surface area (Å²) in [6.07, 6.45) is -0.859. The topological polar surface area (TPSA) is 139 Å². The molecule has 120 valence electrons. The number of aromatic nitrogens is 2. The van der Waals surface area contributed by atoms with Crippen LogP contribution in [0.2, 0.25) is 10.0 Å². The molecule has 2 rings (SSSR count). The number of carboxylic acid groups (broad SMARTS) is 1. The fourth-order valence-electron chi connectivity index (χ4n) is 1.95. The molecule has 0 aliphatic heterocycles. The van der Waals surface area contributed by atoms with Gasteiger partial charge in [0.15, 0.2) is 0 Å². The fraction of sp³-hybridized carbons (Fsp3) is 0.273. The van der Waals surface area contributed by atoms with E-state index in [2.05, 4.69) is 4.98 Å². The molecule has 11 heteroatoms. The Morgan fingerprint density at radius 1 is 1.36 bits per heavy atom. The van der Waals surface area contributed by atoms with Gasteiger partial charge in [0.25, 0.3) is 0 Å². The minimum absolute atomic E-state index is 0.131. The Morgan fingerprint density at radius 2 is 1.95 bits per heavy atom. The smallest absolute Gasteiger partial charge is 0.345 e. The molecule has 0 saturated heterocycles. The van der Waals surface area contributed by atoms with Crippen molar-refractivity contribution in [3.05, 3.63) is 28.0 Å². The maximum Gasteiger partial charge on any atom is 0.345 e. The standard InChI is InChI=1S/C11H12Cl2N3O5P/c12-5-1-8-9(2-6(5)13)16(4-22(19,20)21)10(15-8)3-7(14)11(17)18/h1-2,7H,3-4,14H2,(H,17,18)(H2,19,20,21)/t7-/m0/s1. The number of imidazole rings is 1. The normalized spacial score (nSPS) is 13.5. The van der Waals surface area contributed by atoms with Crippen molar-refractivity contribution in [3.8, 4) is 0 Å². The van der Waals surface area contributed by atoms with Gasteiger partial charge in [0, 0.05) is 6.42 Å². The number of carboxylic acids is 1. The molecule has 0 spiro atoms. The van der Waals surface area contributed by atoms with Crippen molar-refractivity contribution in [2.24, 2.45) is 5.73 Å². The molecule has 0 saturated carbocycles. The van der Waals surface area contributed by atoms with Crippen LogP contribution in [0.25, 0.3) is 11.0 Å². The highest BCUT2D eigenvalue weighted by Crippen LogP contribution is 2.39. The molecule has 0 aliphatic rings. The van der Waals surface area contributed by atoms with E-state index in [0.29, 0.717) is 11.0 Å². The monoisotopic (exact) mass is 367 g/mol. The van der Waals surface area contributed by atoms with Gasteiger partial charge < -0.3 is 25.2 Å². The molecule has 0 aliphatic carbocycles. The maximum absolute atomic E-state index is 11.3. The molecule has 0 amide bonds. The lowest BCUT2D eigenvalue weighted by Crippen LogP contribution is -2.33. The first kappa shape index (κ1) is 17.2. The molecule has 1 heterocycles. The number of benzene rings is 1. The second-order valence-electron chi connectivity index (χ2n) is 4.67. The number of rotatable bonds is 5. The number of carbonyl (C=O) groups is 1. The van der Waals surface area contributed by atoms with Crippen molar-refractivity contribution in [2.45, 2.75) is 18.7 Å². The summed E-state index contributed by atoms with van der Waals surface area (Å²) in [7, 11) is -4.42. The first-order valence-corrected chi connectivity index (χ1v) is 8.51. The van der Waals surface area contributed by atoms with Crippen LogP contribution in [0.3, 0.4) is 0 Å². The van der Waals surface area contributed by atoms with Gasteiger partial charge in [-0.3, -0.25) is 9.36 Å². The van der Waals surface area contributed by atoms with Crippen LogP contribution in [0.5, 0.6) is 0 Å². The van der Waals surface area contributed by atoms with Crippen molar-refractivity contribution in [1.82, 2.24) is 9.55 Å². The zero-order valence-electron chi connectivity index (χ0n) is 11.0. The minimum Gasteiger partial charge on any atom is -0.480 e. The lowest BCUT2D eigenvalue weighted by atomic mass is 10.2. The third kappa shape index (κ3) is 3.78. The third-order valence-electron chi connectivity index (χ3n) is 2.91. The Hall–Kier alpha value is -1.15. The third-order valence-corrected chi connectivity index (χ3v) is 4.29. The molecule has 22 heavy (non-hydrogen) atoms. The van der Waals surface area contributed by atoms with E-state index < -0.39 is 25.9 Å².